The maximum absolute atomic E-state index is 13.8. The summed E-state index contributed by atoms with van der Waals surface area (Å²) >= 11 is 0. The molecule has 0 N–H and O–H groups in total. The van der Waals surface area contributed by atoms with E-state index in [0.717, 1.165) is 23.4 Å². The second-order valence-corrected chi connectivity index (χ2v) is 6.47. The minimum Gasteiger partial charge on any atom is -0.440 e. The molecule has 0 bridgehead atoms. The topological polar surface area (TPSA) is 62.7 Å². The lowest BCUT2D eigenvalue weighted by atomic mass is 9.79. The zero-order valence-electron chi connectivity index (χ0n) is 13.7. The van der Waals surface area contributed by atoms with Gasteiger partial charge in [0.05, 0.1) is 17.3 Å². The van der Waals surface area contributed by atoms with Crippen LogP contribution in [0.3, 0.4) is 0 Å². The molecule has 1 aliphatic carbocycles. The monoisotopic (exact) mass is 333 g/mol. The summed E-state index contributed by atoms with van der Waals surface area (Å²) in [5, 5.41) is 9.07. The van der Waals surface area contributed by atoms with Crippen LogP contribution in [0.15, 0.2) is 47.0 Å². The van der Waals surface area contributed by atoms with E-state index in [9.17, 15) is 4.39 Å². The summed E-state index contributed by atoms with van der Waals surface area (Å²) in [5.41, 5.74) is 2.84. The van der Waals surface area contributed by atoms with Gasteiger partial charge in [-0.1, -0.05) is 13.0 Å². The molecule has 4 rings (SSSR count). The molecule has 5 heteroatoms. The minimum absolute atomic E-state index is 0.106. The van der Waals surface area contributed by atoms with E-state index in [-0.39, 0.29) is 17.7 Å². The van der Waals surface area contributed by atoms with Crippen molar-refractivity contribution >= 4 is 0 Å². The Balaban J connectivity index is 1.69. The molecule has 1 aromatic carbocycles. The standard InChI is InChI=1S/C20H16FN3O/c1-12-6-14(15-7-13(11-22)8-16(21)9-15)10-18-19(12)24-20(25-18)17-4-2-3-5-23-17/h2-5,7-9,12,14H,6,10H2,1H3. The maximum Gasteiger partial charge on any atom is 0.245 e. The predicted molar refractivity (Wildman–Crippen MR) is 90.3 cm³/mol. The van der Waals surface area contributed by atoms with E-state index < -0.39 is 0 Å². The molecule has 4 nitrogen and oxygen atoms in total. The molecule has 25 heavy (non-hydrogen) atoms. The quantitative estimate of drug-likeness (QED) is 0.688. The number of nitrogens with zero attached hydrogens (tertiary/aromatic N) is 3. The van der Waals surface area contributed by atoms with Gasteiger partial charge < -0.3 is 4.42 Å². The first kappa shape index (κ1) is 15.5. The molecule has 2 heterocycles. The molecule has 2 unspecified atom stereocenters. The lowest BCUT2D eigenvalue weighted by Crippen LogP contribution is -2.15. The largest absolute Gasteiger partial charge is 0.440 e. The van der Waals surface area contributed by atoms with E-state index in [1.807, 2.05) is 24.3 Å². The number of pyridine rings is 1. The first-order chi connectivity index (χ1) is 12.1. The highest BCUT2D eigenvalue weighted by Gasteiger charge is 2.31. The molecule has 0 amide bonds. The fourth-order valence-corrected chi connectivity index (χ4v) is 3.51. The van der Waals surface area contributed by atoms with Crippen LogP contribution in [0, 0.1) is 17.1 Å². The van der Waals surface area contributed by atoms with Crippen molar-refractivity contribution in [1.29, 1.82) is 5.26 Å². The summed E-state index contributed by atoms with van der Waals surface area (Å²) in [5.74, 6) is 1.28. The highest BCUT2D eigenvalue weighted by Crippen LogP contribution is 2.41. The lowest BCUT2D eigenvalue weighted by Gasteiger charge is -2.25. The van der Waals surface area contributed by atoms with Gasteiger partial charge in [-0.2, -0.15) is 5.26 Å². The van der Waals surface area contributed by atoms with Crippen molar-refractivity contribution in [3.8, 4) is 17.7 Å². The smallest absolute Gasteiger partial charge is 0.245 e. The Morgan fingerprint density at radius 1 is 1.28 bits per heavy atom. The van der Waals surface area contributed by atoms with Gasteiger partial charge in [-0.15, -0.1) is 0 Å². The maximum atomic E-state index is 13.8. The third kappa shape index (κ3) is 2.91. The van der Waals surface area contributed by atoms with Gasteiger partial charge in [0.2, 0.25) is 5.89 Å². The summed E-state index contributed by atoms with van der Waals surface area (Å²) < 4.78 is 19.8. The van der Waals surface area contributed by atoms with Gasteiger partial charge in [0.1, 0.15) is 17.3 Å². The van der Waals surface area contributed by atoms with Crippen LogP contribution in [0.2, 0.25) is 0 Å². The average Bonchev–Trinajstić information content (AvgIpc) is 3.07. The Bertz CT molecular complexity index is 959. The fourth-order valence-electron chi connectivity index (χ4n) is 3.51. The molecule has 3 aromatic rings. The number of fused-ring (bicyclic) bond motifs is 1. The van der Waals surface area contributed by atoms with Crippen molar-refractivity contribution in [2.75, 3.05) is 0 Å². The number of aromatic nitrogens is 2. The van der Waals surface area contributed by atoms with Crippen LogP contribution in [0.4, 0.5) is 4.39 Å². The summed E-state index contributed by atoms with van der Waals surface area (Å²) in [6.45, 7) is 2.10. The van der Waals surface area contributed by atoms with Crippen molar-refractivity contribution in [1.82, 2.24) is 9.97 Å². The van der Waals surface area contributed by atoms with E-state index >= 15 is 0 Å². The van der Waals surface area contributed by atoms with E-state index in [0.29, 0.717) is 23.6 Å². The van der Waals surface area contributed by atoms with Gasteiger partial charge >= 0.3 is 0 Å². The fraction of sp³-hybridized carbons (Fsp3) is 0.250. The molecule has 0 fully saturated rings. The number of hydrogen-bond acceptors (Lipinski definition) is 4. The zero-order valence-corrected chi connectivity index (χ0v) is 13.7. The second kappa shape index (κ2) is 6.14. The normalized spacial score (nSPS) is 19.2. The van der Waals surface area contributed by atoms with Crippen LogP contribution in [-0.4, -0.2) is 9.97 Å². The lowest BCUT2D eigenvalue weighted by molar-refractivity contribution is 0.430. The third-order valence-electron chi connectivity index (χ3n) is 4.67. The van der Waals surface area contributed by atoms with Crippen molar-refractivity contribution in [3.05, 3.63) is 71.0 Å². The highest BCUT2D eigenvalue weighted by molar-refractivity contribution is 5.48. The van der Waals surface area contributed by atoms with Gasteiger partial charge in [0.15, 0.2) is 0 Å². The van der Waals surface area contributed by atoms with Crippen LogP contribution >= 0.6 is 0 Å². The van der Waals surface area contributed by atoms with E-state index in [1.165, 1.54) is 12.1 Å². The van der Waals surface area contributed by atoms with Gasteiger partial charge in [0, 0.05) is 18.5 Å². The van der Waals surface area contributed by atoms with Gasteiger partial charge in [-0.3, -0.25) is 4.98 Å². The van der Waals surface area contributed by atoms with Crippen LogP contribution in [0.25, 0.3) is 11.6 Å². The minimum atomic E-state index is -0.376. The molecule has 2 atom stereocenters. The van der Waals surface area contributed by atoms with E-state index in [2.05, 4.69) is 16.9 Å². The summed E-state index contributed by atoms with van der Waals surface area (Å²) in [4.78, 5) is 8.91. The Kier molecular flexibility index (Phi) is 3.81. The summed E-state index contributed by atoms with van der Waals surface area (Å²) in [6, 6.07) is 12.2. The van der Waals surface area contributed by atoms with E-state index in [1.54, 1.807) is 12.3 Å². The molecular formula is C20H16FN3O. The van der Waals surface area contributed by atoms with Crippen molar-refractivity contribution in [2.24, 2.45) is 0 Å². The molecular weight excluding hydrogens is 317 g/mol. The number of halogens is 1. The molecule has 0 saturated heterocycles. The number of rotatable bonds is 2. The molecule has 2 aromatic heterocycles. The summed E-state index contributed by atoms with van der Waals surface area (Å²) in [7, 11) is 0. The Morgan fingerprint density at radius 2 is 2.16 bits per heavy atom. The van der Waals surface area contributed by atoms with Gasteiger partial charge in [-0.25, -0.2) is 9.37 Å². The predicted octanol–water partition coefficient (Wildman–Crippen LogP) is 4.58. The van der Waals surface area contributed by atoms with E-state index in [4.69, 9.17) is 9.68 Å². The number of hydrogen-bond donors (Lipinski definition) is 0. The first-order valence-electron chi connectivity index (χ1n) is 8.25. The van der Waals surface area contributed by atoms with Gasteiger partial charge in [-0.05, 0) is 48.2 Å². The second-order valence-electron chi connectivity index (χ2n) is 6.47. The van der Waals surface area contributed by atoms with Crippen molar-refractivity contribution in [3.63, 3.8) is 0 Å². The number of oxazole rings is 1. The van der Waals surface area contributed by atoms with Crippen molar-refractivity contribution in [2.45, 2.75) is 31.6 Å². The van der Waals surface area contributed by atoms with Crippen molar-refractivity contribution < 1.29 is 8.81 Å². The summed E-state index contributed by atoms with van der Waals surface area (Å²) in [6.07, 6.45) is 3.20. The first-order valence-corrected chi connectivity index (χ1v) is 8.25. The molecule has 0 saturated carbocycles. The molecule has 0 radical (unpaired) electrons. The molecule has 0 aliphatic heterocycles. The Hall–Kier alpha value is -3.00. The Labute approximate surface area is 145 Å². The SMILES string of the molecule is CC1CC(c2cc(F)cc(C#N)c2)Cc2oc(-c3ccccn3)nc21. The van der Waals surface area contributed by atoms with Gasteiger partial charge in [0.25, 0.3) is 0 Å². The molecule has 0 spiro atoms. The number of benzene rings is 1. The third-order valence-corrected chi connectivity index (χ3v) is 4.67. The van der Waals surface area contributed by atoms with Crippen LogP contribution < -0.4 is 0 Å². The number of nitriles is 1. The Morgan fingerprint density at radius 3 is 2.92 bits per heavy atom. The highest BCUT2D eigenvalue weighted by atomic mass is 19.1. The average molecular weight is 333 g/mol. The van der Waals surface area contributed by atoms with Crippen LogP contribution in [0.5, 0.6) is 0 Å². The van der Waals surface area contributed by atoms with Crippen LogP contribution in [-0.2, 0) is 6.42 Å². The molecule has 124 valence electrons. The van der Waals surface area contributed by atoms with Crippen LogP contribution in [0.1, 0.15) is 47.8 Å². The zero-order chi connectivity index (χ0) is 17.4. The molecule has 1 aliphatic rings.